The highest BCUT2D eigenvalue weighted by Crippen LogP contribution is 2.24. The second kappa shape index (κ2) is 9.17. The van der Waals surface area contributed by atoms with Crippen LogP contribution < -0.4 is 15.8 Å². The summed E-state index contributed by atoms with van der Waals surface area (Å²) in [5, 5.41) is 8.25. The van der Waals surface area contributed by atoms with E-state index in [2.05, 4.69) is 21.4 Å². The molecule has 0 aliphatic carbocycles. The van der Waals surface area contributed by atoms with Gasteiger partial charge in [-0.2, -0.15) is 4.68 Å². The van der Waals surface area contributed by atoms with Crippen molar-refractivity contribution in [2.45, 2.75) is 33.6 Å². The molecule has 0 bridgehead atoms. The first-order valence-corrected chi connectivity index (χ1v) is 11.2. The van der Waals surface area contributed by atoms with Gasteiger partial charge in [0, 0.05) is 29.9 Å². The van der Waals surface area contributed by atoms with E-state index in [1.807, 2.05) is 45.0 Å². The fourth-order valence-electron chi connectivity index (χ4n) is 4.06. The summed E-state index contributed by atoms with van der Waals surface area (Å²) in [5.41, 5.74) is 4.40. The van der Waals surface area contributed by atoms with Gasteiger partial charge in [0.25, 0.3) is 5.56 Å². The highest BCUT2D eigenvalue weighted by atomic mass is 35.5. The monoisotopic (exact) mass is 450 g/mol. The Morgan fingerprint density at radius 2 is 1.88 bits per heavy atom. The van der Waals surface area contributed by atoms with E-state index in [1.54, 1.807) is 12.1 Å². The molecule has 1 atom stereocenters. The standard InChI is InChI=1S/C25H27ClN4O2/c1-16-6-9-22(18(3)13-16)27-25(32)19-5-4-12-29(15-19)23-10-11-24(31)30(28-23)20-8-7-17(2)21(26)14-20/h6-11,13-14,19H,4-5,12,15H2,1-3H3,(H,27,32). The Bertz CT molecular complexity index is 1220. The average molecular weight is 451 g/mol. The van der Waals surface area contributed by atoms with E-state index >= 15 is 0 Å². The number of aryl methyl sites for hydroxylation is 3. The number of aromatic nitrogens is 2. The molecule has 0 spiro atoms. The van der Waals surface area contributed by atoms with Gasteiger partial charge in [-0.25, -0.2) is 0 Å². The van der Waals surface area contributed by atoms with Crippen LogP contribution >= 0.6 is 11.6 Å². The van der Waals surface area contributed by atoms with Gasteiger partial charge in [0.15, 0.2) is 0 Å². The van der Waals surface area contributed by atoms with E-state index in [1.165, 1.54) is 16.3 Å². The molecule has 1 fully saturated rings. The Balaban J connectivity index is 1.53. The van der Waals surface area contributed by atoms with Crippen molar-refractivity contribution < 1.29 is 4.79 Å². The number of benzene rings is 2. The van der Waals surface area contributed by atoms with Crippen LogP contribution in [-0.2, 0) is 4.79 Å². The number of amides is 1. The van der Waals surface area contributed by atoms with Crippen molar-refractivity contribution in [3.8, 4) is 5.69 Å². The van der Waals surface area contributed by atoms with Crippen LogP contribution in [0.4, 0.5) is 11.5 Å². The second-order valence-electron chi connectivity index (χ2n) is 8.47. The maximum Gasteiger partial charge on any atom is 0.271 e. The zero-order valence-electron chi connectivity index (χ0n) is 18.6. The van der Waals surface area contributed by atoms with Gasteiger partial charge >= 0.3 is 0 Å². The smallest absolute Gasteiger partial charge is 0.271 e. The molecule has 0 saturated carbocycles. The van der Waals surface area contributed by atoms with Crippen LogP contribution in [0.3, 0.4) is 0 Å². The van der Waals surface area contributed by atoms with Crippen LogP contribution in [0, 0.1) is 26.7 Å². The molecular formula is C25H27ClN4O2. The molecule has 1 aromatic heterocycles. The van der Waals surface area contributed by atoms with E-state index in [4.69, 9.17) is 11.6 Å². The number of hydrogen-bond donors (Lipinski definition) is 1. The number of anilines is 2. The summed E-state index contributed by atoms with van der Waals surface area (Å²) < 4.78 is 1.36. The Labute approximate surface area is 192 Å². The molecular weight excluding hydrogens is 424 g/mol. The Morgan fingerprint density at radius 3 is 2.62 bits per heavy atom. The summed E-state index contributed by atoms with van der Waals surface area (Å²) in [6.07, 6.45) is 1.70. The number of hydrogen-bond acceptors (Lipinski definition) is 4. The van der Waals surface area contributed by atoms with E-state index in [0.717, 1.165) is 36.2 Å². The molecule has 1 aliphatic heterocycles. The molecule has 2 heterocycles. The van der Waals surface area contributed by atoms with E-state index < -0.39 is 0 Å². The summed E-state index contributed by atoms with van der Waals surface area (Å²) in [5.74, 6) is 0.533. The SMILES string of the molecule is Cc1ccc(NC(=O)C2CCCN(c3ccc(=O)n(-c4ccc(C)c(Cl)c4)n3)C2)c(C)c1. The lowest BCUT2D eigenvalue weighted by atomic mass is 9.96. The van der Waals surface area contributed by atoms with Gasteiger partial charge in [-0.1, -0.05) is 35.4 Å². The van der Waals surface area contributed by atoms with Crippen molar-refractivity contribution in [2.24, 2.45) is 5.92 Å². The zero-order chi connectivity index (χ0) is 22.8. The maximum absolute atomic E-state index is 13.0. The lowest BCUT2D eigenvalue weighted by Crippen LogP contribution is -2.41. The number of rotatable bonds is 4. The van der Waals surface area contributed by atoms with Crippen molar-refractivity contribution in [1.29, 1.82) is 0 Å². The number of halogens is 1. The quantitative estimate of drug-likeness (QED) is 0.627. The maximum atomic E-state index is 13.0. The second-order valence-corrected chi connectivity index (χ2v) is 8.88. The largest absolute Gasteiger partial charge is 0.354 e. The van der Waals surface area contributed by atoms with Crippen molar-refractivity contribution in [1.82, 2.24) is 9.78 Å². The summed E-state index contributed by atoms with van der Waals surface area (Å²) in [7, 11) is 0. The molecule has 3 aromatic rings. The van der Waals surface area contributed by atoms with Gasteiger partial charge in [0.05, 0.1) is 11.6 Å². The van der Waals surface area contributed by atoms with Crippen LogP contribution in [0.15, 0.2) is 53.3 Å². The molecule has 0 radical (unpaired) electrons. The average Bonchev–Trinajstić information content (AvgIpc) is 2.78. The molecule has 4 rings (SSSR count). The Hall–Kier alpha value is -3.12. The molecule has 1 aliphatic rings. The zero-order valence-corrected chi connectivity index (χ0v) is 19.3. The van der Waals surface area contributed by atoms with Crippen LogP contribution in [0.2, 0.25) is 5.02 Å². The highest BCUT2D eigenvalue weighted by molar-refractivity contribution is 6.31. The highest BCUT2D eigenvalue weighted by Gasteiger charge is 2.27. The topological polar surface area (TPSA) is 67.2 Å². The summed E-state index contributed by atoms with van der Waals surface area (Å²) in [6, 6.07) is 14.7. The van der Waals surface area contributed by atoms with Crippen LogP contribution in [-0.4, -0.2) is 28.8 Å². The third-order valence-electron chi connectivity index (χ3n) is 5.94. The number of carbonyl (C=O) groups excluding carboxylic acids is 1. The molecule has 32 heavy (non-hydrogen) atoms. The molecule has 1 saturated heterocycles. The van der Waals surface area contributed by atoms with Gasteiger partial charge in [-0.15, -0.1) is 5.10 Å². The van der Waals surface area contributed by atoms with E-state index in [9.17, 15) is 9.59 Å². The lowest BCUT2D eigenvalue weighted by molar-refractivity contribution is -0.120. The third kappa shape index (κ3) is 4.70. The van der Waals surface area contributed by atoms with E-state index in [-0.39, 0.29) is 17.4 Å². The molecule has 2 aromatic carbocycles. The Morgan fingerprint density at radius 1 is 1.06 bits per heavy atom. The first-order chi connectivity index (χ1) is 15.3. The minimum Gasteiger partial charge on any atom is -0.354 e. The fourth-order valence-corrected chi connectivity index (χ4v) is 4.23. The number of nitrogens with zero attached hydrogens (tertiary/aromatic N) is 3. The van der Waals surface area contributed by atoms with Gasteiger partial charge in [-0.05, 0) is 69.0 Å². The molecule has 7 heteroatoms. The molecule has 6 nitrogen and oxygen atoms in total. The van der Waals surface area contributed by atoms with E-state index in [0.29, 0.717) is 23.1 Å². The predicted molar refractivity (Wildman–Crippen MR) is 129 cm³/mol. The van der Waals surface area contributed by atoms with Crippen molar-refractivity contribution in [3.63, 3.8) is 0 Å². The number of carbonyl (C=O) groups is 1. The normalized spacial score (nSPS) is 16.1. The summed E-state index contributed by atoms with van der Waals surface area (Å²) in [4.78, 5) is 27.5. The van der Waals surface area contributed by atoms with Crippen molar-refractivity contribution >= 4 is 29.0 Å². The first kappa shape index (κ1) is 22.1. The van der Waals surface area contributed by atoms with Gasteiger partial charge < -0.3 is 10.2 Å². The summed E-state index contributed by atoms with van der Waals surface area (Å²) >= 11 is 6.25. The van der Waals surface area contributed by atoms with Gasteiger partial charge in [0.1, 0.15) is 5.82 Å². The Kier molecular flexibility index (Phi) is 6.33. The van der Waals surface area contributed by atoms with Crippen molar-refractivity contribution in [3.05, 3.63) is 80.6 Å². The molecule has 1 N–H and O–H groups in total. The predicted octanol–water partition coefficient (Wildman–Crippen LogP) is 4.67. The molecule has 166 valence electrons. The molecule has 1 unspecified atom stereocenters. The molecule has 1 amide bonds. The summed E-state index contributed by atoms with van der Waals surface area (Å²) in [6.45, 7) is 7.29. The van der Waals surface area contributed by atoms with Gasteiger partial charge in [0.2, 0.25) is 5.91 Å². The van der Waals surface area contributed by atoms with Crippen LogP contribution in [0.1, 0.15) is 29.5 Å². The van der Waals surface area contributed by atoms with Crippen LogP contribution in [0.5, 0.6) is 0 Å². The van der Waals surface area contributed by atoms with Gasteiger partial charge in [-0.3, -0.25) is 9.59 Å². The lowest BCUT2D eigenvalue weighted by Gasteiger charge is -2.33. The minimum atomic E-state index is -0.227. The number of piperidine rings is 1. The van der Waals surface area contributed by atoms with Crippen LogP contribution in [0.25, 0.3) is 5.69 Å². The number of nitrogens with one attached hydrogen (secondary N) is 1. The minimum absolute atomic E-state index is 0.0142. The third-order valence-corrected chi connectivity index (χ3v) is 6.35. The first-order valence-electron chi connectivity index (χ1n) is 10.8. The fraction of sp³-hybridized carbons (Fsp3) is 0.320. The van der Waals surface area contributed by atoms with Crippen molar-refractivity contribution in [2.75, 3.05) is 23.3 Å².